The van der Waals surface area contributed by atoms with Gasteiger partial charge in [-0.2, -0.15) is 4.98 Å². The Bertz CT molecular complexity index is 729. The lowest BCUT2D eigenvalue weighted by Gasteiger charge is -2.23. The Kier molecular flexibility index (Phi) is 6.42. The van der Waals surface area contributed by atoms with Gasteiger partial charge in [-0.15, -0.1) is 0 Å². The van der Waals surface area contributed by atoms with Crippen LogP contribution in [0.4, 0.5) is 10.6 Å². The second-order valence-electron chi connectivity index (χ2n) is 7.52. The van der Waals surface area contributed by atoms with Gasteiger partial charge in [0.2, 0.25) is 5.28 Å². The molecule has 2 rings (SSSR count). The van der Waals surface area contributed by atoms with E-state index in [1.807, 2.05) is 24.3 Å². The summed E-state index contributed by atoms with van der Waals surface area (Å²) < 4.78 is 0. The Labute approximate surface area is 153 Å². The summed E-state index contributed by atoms with van der Waals surface area (Å²) in [5.74, 6) is 1.02. The van der Waals surface area contributed by atoms with Gasteiger partial charge >= 0.3 is 6.03 Å². The van der Waals surface area contributed by atoms with Gasteiger partial charge in [0.15, 0.2) is 5.82 Å². The van der Waals surface area contributed by atoms with E-state index in [2.05, 4.69) is 53.8 Å². The van der Waals surface area contributed by atoms with Crippen LogP contribution in [0.1, 0.15) is 40.5 Å². The van der Waals surface area contributed by atoms with Crippen molar-refractivity contribution in [1.82, 2.24) is 20.7 Å². The van der Waals surface area contributed by atoms with Crippen LogP contribution in [0.5, 0.6) is 0 Å². The molecule has 2 aromatic rings. The van der Waals surface area contributed by atoms with Crippen molar-refractivity contribution in [2.75, 3.05) is 12.0 Å². The minimum Gasteiger partial charge on any atom is -0.337 e. The number of rotatable bonds is 6. The average Bonchev–Trinajstić information content (AvgIpc) is 2.50. The van der Waals surface area contributed by atoms with Crippen LogP contribution in [0.15, 0.2) is 24.3 Å². The summed E-state index contributed by atoms with van der Waals surface area (Å²) in [5, 5.41) is 3.75. The van der Waals surface area contributed by atoms with Crippen molar-refractivity contribution < 1.29 is 4.79 Å². The Balaban J connectivity index is 1.83. The summed E-state index contributed by atoms with van der Waals surface area (Å²) in [6.45, 7) is 9.51. The highest BCUT2D eigenvalue weighted by molar-refractivity contribution is 6.28. The molecule has 1 aromatic heterocycles. The van der Waals surface area contributed by atoms with E-state index in [0.717, 1.165) is 18.2 Å². The Morgan fingerprint density at radius 1 is 1.24 bits per heavy atom. The molecule has 1 atom stereocenters. The van der Waals surface area contributed by atoms with Crippen LogP contribution >= 0.6 is 11.6 Å². The molecule has 0 saturated carbocycles. The van der Waals surface area contributed by atoms with Gasteiger partial charge in [-0.1, -0.05) is 39.8 Å². The van der Waals surface area contributed by atoms with Gasteiger partial charge in [0.1, 0.15) is 0 Å². The van der Waals surface area contributed by atoms with E-state index in [1.165, 1.54) is 0 Å². The molecule has 1 heterocycles. The number of nitrogens with one attached hydrogen (secondary N) is 3. The van der Waals surface area contributed by atoms with Gasteiger partial charge in [-0.25, -0.2) is 9.78 Å². The second-order valence-corrected chi connectivity index (χ2v) is 7.86. The predicted molar refractivity (Wildman–Crippen MR) is 103 cm³/mol. The van der Waals surface area contributed by atoms with Gasteiger partial charge in [-0.05, 0) is 47.9 Å². The van der Waals surface area contributed by atoms with E-state index in [-0.39, 0.29) is 11.3 Å². The number of anilines is 1. The average molecular weight is 364 g/mol. The first kappa shape index (κ1) is 19.2. The van der Waals surface area contributed by atoms with E-state index < -0.39 is 0 Å². The molecule has 0 fully saturated rings. The number of halogens is 1. The van der Waals surface area contributed by atoms with E-state index >= 15 is 0 Å². The van der Waals surface area contributed by atoms with E-state index in [1.54, 1.807) is 0 Å². The quantitative estimate of drug-likeness (QED) is 0.526. The maximum Gasteiger partial charge on any atom is 0.333 e. The van der Waals surface area contributed by atoms with Crippen molar-refractivity contribution in [3.05, 3.63) is 29.5 Å². The normalized spacial score (nSPS) is 12.7. The number of fused-ring (bicyclic) bond motifs is 1. The number of carbonyl (C=O) groups is 1. The number of para-hydroxylation sites is 1. The molecule has 25 heavy (non-hydrogen) atoms. The lowest BCUT2D eigenvalue weighted by Crippen LogP contribution is -2.40. The van der Waals surface area contributed by atoms with Gasteiger partial charge in [0.25, 0.3) is 0 Å². The second kappa shape index (κ2) is 8.34. The highest BCUT2D eigenvalue weighted by atomic mass is 35.5. The Morgan fingerprint density at radius 3 is 2.68 bits per heavy atom. The lowest BCUT2D eigenvalue weighted by atomic mass is 9.84. The number of carbonyl (C=O) groups excluding carboxylic acids is 1. The highest BCUT2D eigenvalue weighted by Crippen LogP contribution is 2.25. The zero-order valence-electron chi connectivity index (χ0n) is 15.2. The molecule has 0 aliphatic carbocycles. The summed E-state index contributed by atoms with van der Waals surface area (Å²) >= 11 is 5.92. The molecule has 6 nitrogen and oxygen atoms in total. The van der Waals surface area contributed by atoms with Crippen molar-refractivity contribution in [2.24, 2.45) is 11.3 Å². The molecule has 2 amide bonds. The fraction of sp³-hybridized carbons (Fsp3) is 0.500. The summed E-state index contributed by atoms with van der Waals surface area (Å²) in [7, 11) is 0. The number of hydrogen-bond acceptors (Lipinski definition) is 4. The van der Waals surface area contributed by atoms with Crippen LogP contribution in [0.3, 0.4) is 0 Å². The molecule has 0 spiro atoms. The fourth-order valence-corrected chi connectivity index (χ4v) is 3.06. The third-order valence-electron chi connectivity index (χ3n) is 3.75. The first-order chi connectivity index (χ1) is 11.7. The molecule has 7 heteroatoms. The number of hydrogen-bond donors (Lipinski definition) is 3. The molecule has 3 N–H and O–H groups in total. The molecule has 0 aliphatic heterocycles. The van der Waals surface area contributed by atoms with Crippen LogP contribution in [-0.2, 0) is 0 Å². The minimum absolute atomic E-state index is 0.124. The molecule has 0 aliphatic rings. The Hall–Kier alpha value is -2.08. The van der Waals surface area contributed by atoms with E-state index in [0.29, 0.717) is 29.2 Å². The largest absolute Gasteiger partial charge is 0.337 e. The standard InChI is InChI=1S/C18H26ClN5O/c1-12(11-18(2,3)4)9-10-20-17(25)24-23-15-13-7-5-6-8-14(13)21-16(19)22-15/h5-8,12H,9-11H2,1-4H3,(H2,20,24,25)(H,21,22,23). The van der Waals surface area contributed by atoms with Gasteiger partial charge in [-0.3, -0.25) is 10.9 Å². The summed E-state index contributed by atoms with van der Waals surface area (Å²) in [6, 6.07) is 7.14. The van der Waals surface area contributed by atoms with Crippen LogP contribution in [0.2, 0.25) is 5.28 Å². The maximum atomic E-state index is 11.9. The molecule has 1 unspecified atom stereocenters. The third kappa shape index (κ3) is 6.38. The van der Waals surface area contributed by atoms with E-state index in [4.69, 9.17) is 11.6 Å². The van der Waals surface area contributed by atoms with Gasteiger partial charge < -0.3 is 5.32 Å². The molecule has 1 aromatic carbocycles. The highest BCUT2D eigenvalue weighted by Gasteiger charge is 2.15. The topological polar surface area (TPSA) is 78.9 Å². The zero-order chi connectivity index (χ0) is 18.4. The van der Waals surface area contributed by atoms with Crippen molar-refractivity contribution >= 4 is 34.4 Å². The van der Waals surface area contributed by atoms with Gasteiger partial charge in [0, 0.05) is 11.9 Å². The van der Waals surface area contributed by atoms with E-state index in [9.17, 15) is 4.79 Å². The lowest BCUT2D eigenvalue weighted by molar-refractivity contribution is 0.240. The van der Waals surface area contributed by atoms with Crippen molar-refractivity contribution in [3.8, 4) is 0 Å². The molecular formula is C18H26ClN5O. The number of amides is 2. The monoisotopic (exact) mass is 363 g/mol. The van der Waals surface area contributed by atoms with Gasteiger partial charge in [0.05, 0.1) is 5.52 Å². The number of benzene rings is 1. The number of nitrogens with zero attached hydrogens (tertiary/aromatic N) is 2. The van der Waals surface area contributed by atoms with Crippen molar-refractivity contribution in [2.45, 2.75) is 40.5 Å². The zero-order valence-corrected chi connectivity index (χ0v) is 15.9. The summed E-state index contributed by atoms with van der Waals surface area (Å²) in [6.07, 6.45) is 2.06. The predicted octanol–water partition coefficient (Wildman–Crippen LogP) is 4.37. The number of hydrazine groups is 1. The fourth-order valence-electron chi connectivity index (χ4n) is 2.88. The summed E-state index contributed by atoms with van der Waals surface area (Å²) in [5.41, 5.74) is 6.41. The first-order valence-electron chi connectivity index (χ1n) is 8.47. The smallest absolute Gasteiger partial charge is 0.333 e. The number of urea groups is 1. The van der Waals surface area contributed by atoms with Crippen LogP contribution in [0.25, 0.3) is 10.9 Å². The molecule has 0 radical (unpaired) electrons. The summed E-state index contributed by atoms with van der Waals surface area (Å²) in [4.78, 5) is 20.2. The maximum absolute atomic E-state index is 11.9. The number of aromatic nitrogens is 2. The van der Waals surface area contributed by atoms with Crippen LogP contribution in [-0.4, -0.2) is 22.5 Å². The Morgan fingerprint density at radius 2 is 1.96 bits per heavy atom. The molecule has 0 saturated heterocycles. The molecule has 136 valence electrons. The molecule has 0 bridgehead atoms. The third-order valence-corrected chi connectivity index (χ3v) is 3.92. The van der Waals surface area contributed by atoms with Crippen LogP contribution < -0.4 is 16.2 Å². The van der Waals surface area contributed by atoms with Crippen molar-refractivity contribution in [3.63, 3.8) is 0 Å². The SMILES string of the molecule is CC(CCNC(=O)NNc1nc(Cl)nc2ccccc12)CC(C)(C)C. The van der Waals surface area contributed by atoms with Crippen molar-refractivity contribution in [1.29, 1.82) is 0 Å². The van der Waals surface area contributed by atoms with Crippen LogP contribution in [0, 0.1) is 11.3 Å². The molecular weight excluding hydrogens is 338 g/mol. The first-order valence-corrected chi connectivity index (χ1v) is 8.84. The minimum atomic E-state index is -0.304.